The highest BCUT2D eigenvalue weighted by atomic mass is 16.5. The van der Waals surface area contributed by atoms with E-state index < -0.39 is 0 Å². The molecular formula is C17H23N3O2. The average Bonchev–Trinajstić information content (AvgIpc) is 2.50. The summed E-state index contributed by atoms with van der Waals surface area (Å²) in [6, 6.07) is 5.06. The molecule has 0 saturated heterocycles. The minimum atomic E-state index is -0.133. The maximum absolute atomic E-state index is 12.2. The zero-order chi connectivity index (χ0) is 15.9. The molecule has 5 heteroatoms. The van der Waals surface area contributed by atoms with Gasteiger partial charge in [-0.3, -0.25) is 4.79 Å². The highest BCUT2D eigenvalue weighted by Gasteiger charge is 2.09. The summed E-state index contributed by atoms with van der Waals surface area (Å²) in [5.41, 5.74) is 6.62. The first-order valence-corrected chi connectivity index (χ1v) is 7.69. The van der Waals surface area contributed by atoms with Gasteiger partial charge < -0.3 is 15.0 Å². The minimum Gasteiger partial charge on any atom is -0.448 e. The van der Waals surface area contributed by atoms with Crippen LogP contribution in [-0.2, 0) is 13.5 Å². The fourth-order valence-corrected chi connectivity index (χ4v) is 2.31. The third-order valence-electron chi connectivity index (χ3n) is 3.61. The molecule has 0 aliphatic rings. The van der Waals surface area contributed by atoms with Crippen LogP contribution in [0.25, 0.3) is 0 Å². The van der Waals surface area contributed by atoms with Crippen LogP contribution in [0.2, 0.25) is 0 Å². The number of pyridine rings is 2. The van der Waals surface area contributed by atoms with E-state index in [1.165, 1.54) is 19.3 Å². The molecule has 0 radical (unpaired) electrons. The van der Waals surface area contributed by atoms with E-state index >= 15 is 0 Å². The standard InChI is InChI=1S/C17H23N3O2/c1-3-4-5-6-8-13-11-14(21)16(12-20(13)2)22-15-9-7-10-19-17(15)18/h7,9-12H,3-6,8H2,1-2H3,(H2,18,19). The Kier molecular flexibility index (Phi) is 5.58. The molecule has 0 bridgehead atoms. The molecule has 0 spiro atoms. The molecule has 5 nitrogen and oxygen atoms in total. The number of ether oxygens (including phenoxy) is 1. The van der Waals surface area contributed by atoms with Crippen LogP contribution < -0.4 is 15.9 Å². The highest BCUT2D eigenvalue weighted by Crippen LogP contribution is 2.23. The number of nitrogen functional groups attached to an aromatic ring is 1. The third-order valence-corrected chi connectivity index (χ3v) is 3.61. The number of unbranched alkanes of at least 4 members (excludes halogenated alkanes) is 3. The number of nitrogens with zero attached hydrogens (tertiary/aromatic N) is 2. The van der Waals surface area contributed by atoms with E-state index in [2.05, 4.69) is 11.9 Å². The number of aromatic nitrogens is 2. The zero-order valence-electron chi connectivity index (χ0n) is 13.2. The lowest BCUT2D eigenvalue weighted by atomic mass is 10.1. The predicted octanol–water partition coefficient (Wildman–Crippen LogP) is 3.28. The van der Waals surface area contributed by atoms with Crippen molar-refractivity contribution in [1.82, 2.24) is 9.55 Å². The zero-order valence-corrected chi connectivity index (χ0v) is 13.2. The lowest BCUT2D eigenvalue weighted by Gasteiger charge is -2.12. The van der Waals surface area contributed by atoms with Gasteiger partial charge in [0, 0.05) is 25.0 Å². The second kappa shape index (κ2) is 7.64. The van der Waals surface area contributed by atoms with Crippen LogP contribution in [0.5, 0.6) is 11.5 Å². The average molecular weight is 301 g/mol. The molecule has 0 unspecified atom stereocenters. The SMILES string of the molecule is CCCCCCc1cc(=O)c(Oc2cccnc2N)cn1C. The molecule has 0 aliphatic heterocycles. The molecule has 2 aromatic rings. The van der Waals surface area contributed by atoms with E-state index in [0.29, 0.717) is 5.75 Å². The van der Waals surface area contributed by atoms with Gasteiger partial charge in [-0.2, -0.15) is 0 Å². The van der Waals surface area contributed by atoms with Gasteiger partial charge in [-0.15, -0.1) is 0 Å². The molecule has 0 saturated carbocycles. The van der Waals surface area contributed by atoms with Crippen molar-refractivity contribution in [1.29, 1.82) is 0 Å². The largest absolute Gasteiger partial charge is 0.448 e. The van der Waals surface area contributed by atoms with Crippen molar-refractivity contribution in [3.8, 4) is 11.5 Å². The molecule has 22 heavy (non-hydrogen) atoms. The van der Waals surface area contributed by atoms with Gasteiger partial charge in [-0.1, -0.05) is 26.2 Å². The van der Waals surface area contributed by atoms with Gasteiger partial charge in [0.2, 0.25) is 5.43 Å². The number of hydrogen-bond acceptors (Lipinski definition) is 4. The number of anilines is 1. The van der Waals surface area contributed by atoms with Crippen LogP contribution in [0.4, 0.5) is 5.82 Å². The summed E-state index contributed by atoms with van der Waals surface area (Å²) >= 11 is 0. The van der Waals surface area contributed by atoms with Gasteiger partial charge in [0.1, 0.15) is 0 Å². The lowest BCUT2D eigenvalue weighted by molar-refractivity contribution is 0.470. The van der Waals surface area contributed by atoms with Crippen LogP contribution in [0, 0.1) is 0 Å². The molecule has 2 N–H and O–H groups in total. The normalized spacial score (nSPS) is 10.6. The second-order valence-electron chi connectivity index (χ2n) is 5.40. The van der Waals surface area contributed by atoms with Crippen molar-refractivity contribution < 1.29 is 4.74 Å². The van der Waals surface area contributed by atoms with Gasteiger partial charge in [0.15, 0.2) is 17.3 Å². The summed E-state index contributed by atoms with van der Waals surface area (Å²) in [7, 11) is 1.92. The van der Waals surface area contributed by atoms with Gasteiger partial charge >= 0.3 is 0 Å². The monoisotopic (exact) mass is 301 g/mol. The van der Waals surface area contributed by atoms with Gasteiger partial charge in [0.25, 0.3) is 0 Å². The van der Waals surface area contributed by atoms with Crippen molar-refractivity contribution >= 4 is 5.82 Å². The Labute approximate surface area is 130 Å². The van der Waals surface area contributed by atoms with E-state index in [1.54, 1.807) is 30.6 Å². The molecule has 0 fully saturated rings. The lowest BCUT2D eigenvalue weighted by Crippen LogP contribution is -2.12. The Bertz CT molecular complexity index is 680. The second-order valence-corrected chi connectivity index (χ2v) is 5.40. The van der Waals surface area contributed by atoms with Crippen molar-refractivity contribution in [2.45, 2.75) is 39.0 Å². The minimum absolute atomic E-state index is 0.133. The summed E-state index contributed by atoms with van der Waals surface area (Å²) in [5, 5.41) is 0. The molecule has 0 aliphatic carbocycles. The summed E-state index contributed by atoms with van der Waals surface area (Å²) in [5.74, 6) is 0.933. The Balaban J connectivity index is 2.13. The fraction of sp³-hybridized carbons (Fsp3) is 0.412. The Hall–Kier alpha value is -2.30. The summed E-state index contributed by atoms with van der Waals surface area (Å²) in [6.45, 7) is 2.19. The summed E-state index contributed by atoms with van der Waals surface area (Å²) in [4.78, 5) is 16.1. The molecule has 0 atom stereocenters. The van der Waals surface area contributed by atoms with Gasteiger partial charge in [0.05, 0.1) is 6.20 Å². The van der Waals surface area contributed by atoms with Gasteiger partial charge in [-0.25, -0.2) is 4.98 Å². The Morgan fingerprint density at radius 3 is 2.82 bits per heavy atom. The van der Waals surface area contributed by atoms with Crippen LogP contribution in [0.3, 0.4) is 0 Å². The van der Waals surface area contributed by atoms with Gasteiger partial charge in [-0.05, 0) is 25.0 Å². The summed E-state index contributed by atoms with van der Waals surface area (Å²) < 4.78 is 7.54. The summed E-state index contributed by atoms with van der Waals surface area (Å²) in [6.07, 6.45) is 8.92. The number of nitrogens with two attached hydrogens (primary N) is 1. The molecule has 0 aromatic carbocycles. The molecule has 2 rings (SSSR count). The van der Waals surface area contributed by atoms with E-state index in [4.69, 9.17) is 10.5 Å². The van der Waals surface area contributed by atoms with Crippen LogP contribution in [0.1, 0.15) is 38.3 Å². The van der Waals surface area contributed by atoms with Crippen molar-refractivity contribution in [3.05, 3.63) is 46.5 Å². The fourth-order valence-electron chi connectivity index (χ4n) is 2.31. The third kappa shape index (κ3) is 4.10. The first-order chi connectivity index (χ1) is 10.6. The molecule has 0 amide bonds. The van der Waals surface area contributed by atoms with Crippen molar-refractivity contribution in [2.75, 3.05) is 5.73 Å². The Morgan fingerprint density at radius 2 is 2.09 bits per heavy atom. The van der Waals surface area contributed by atoms with E-state index in [9.17, 15) is 4.79 Å². The van der Waals surface area contributed by atoms with E-state index in [1.807, 2.05) is 11.6 Å². The van der Waals surface area contributed by atoms with Crippen molar-refractivity contribution in [3.63, 3.8) is 0 Å². The molecule has 2 aromatic heterocycles. The predicted molar refractivity (Wildman–Crippen MR) is 88.3 cm³/mol. The van der Waals surface area contributed by atoms with E-state index in [-0.39, 0.29) is 17.0 Å². The van der Waals surface area contributed by atoms with Crippen LogP contribution >= 0.6 is 0 Å². The topological polar surface area (TPSA) is 70.1 Å². The van der Waals surface area contributed by atoms with Crippen molar-refractivity contribution in [2.24, 2.45) is 7.05 Å². The smallest absolute Gasteiger partial charge is 0.224 e. The number of hydrogen-bond donors (Lipinski definition) is 1. The quantitative estimate of drug-likeness (QED) is 0.797. The van der Waals surface area contributed by atoms with Crippen LogP contribution in [0.15, 0.2) is 35.4 Å². The Morgan fingerprint density at radius 1 is 1.27 bits per heavy atom. The first-order valence-electron chi connectivity index (χ1n) is 7.69. The maximum Gasteiger partial charge on any atom is 0.224 e. The number of aryl methyl sites for hydroxylation is 2. The molecule has 118 valence electrons. The van der Waals surface area contributed by atoms with Crippen LogP contribution in [-0.4, -0.2) is 9.55 Å². The highest BCUT2D eigenvalue weighted by molar-refractivity contribution is 5.47. The maximum atomic E-state index is 12.2. The molecular weight excluding hydrogens is 278 g/mol. The molecule has 2 heterocycles. The van der Waals surface area contributed by atoms with E-state index in [0.717, 1.165) is 18.5 Å². The first kappa shape index (κ1) is 16.1. The number of rotatable bonds is 7.